The summed E-state index contributed by atoms with van der Waals surface area (Å²) >= 11 is 1.67. The second-order valence-electron chi connectivity index (χ2n) is 2.49. The largest absolute Gasteiger partial charge is 0.508 e. The van der Waals surface area contributed by atoms with E-state index in [2.05, 4.69) is 6.58 Å². The predicted molar refractivity (Wildman–Crippen MR) is 53.8 cm³/mol. The van der Waals surface area contributed by atoms with Gasteiger partial charge >= 0.3 is 0 Å². The topological polar surface area (TPSA) is 20.2 Å². The Morgan fingerprint density at radius 1 is 1.58 bits per heavy atom. The molecule has 0 unspecified atom stereocenters. The van der Waals surface area contributed by atoms with Crippen molar-refractivity contribution in [3.8, 4) is 5.75 Å². The van der Waals surface area contributed by atoms with E-state index in [1.54, 1.807) is 23.9 Å². The van der Waals surface area contributed by atoms with Gasteiger partial charge in [-0.1, -0.05) is 6.08 Å². The molecule has 1 aromatic rings. The standard InChI is InChI=1S/C10H12OS/c1-3-4-8-7-9(12-2)5-6-10(8)11/h3,5-7,11H,1,4H2,2H3. The lowest BCUT2D eigenvalue weighted by Crippen LogP contribution is -1.82. The number of phenols is 1. The molecule has 2 heteroatoms. The van der Waals surface area contributed by atoms with Gasteiger partial charge in [0, 0.05) is 4.90 Å². The zero-order chi connectivity index (χ0) is 8.97. The highest BCUT2D eigenvalue weighted by Gasteiger charge is 1.99. The van der Waals surface area contributed by atoms with Crippen LogP contribution in [0.5, 0.6) is 5.75 Å². The van der Waals surface area contributed by atoms with Crippen molar-refractivity contribution >= 4 is 11.8 Å². The van der Waals surface area contributed by atoms with E-state index >= 15 is 0 Å². The van der Waals surface area contributed by atoms with Gasteiger partial charge in [-0.2, -0.15) is 0 Å². The molecule has 0 aliphatic rings. The van der Waals surface area contributed by atoms with Crippen molar-refractivity contribution in [2.75, 3.05) is 6.26 Å². The van der Waals surface area contributed by atoms with Crippen LogP contribution in [0.25, 0.3) is 0 Å². The van der Waals surface area contributed by atoms with Gasteiger partial charge < -0.3 is 5.11 Å². The van der Waals surface area contributed by atoms with E-state index in [0.717, 1.165) is 12.0 Å². The molecule has 1 rings (SSSR count). The lowest BCUT2D eigenvalue weighted by atomic mass is 10.1. The molecule has 0 heterocycles. The smallest absolute Gasteiger partial charge is 0.119 e. The van der Waals surface area contributed by atoms with Gasteiger partial charge in [0.2, 0.25) is 0 Å². The van der Waals surface area contributed by atoms with E-state index in [9.17, 15) is 5.11 Å². The fourth-order valence-corrected chi connectivity index (χ4v) is 1.47. The third kappa shape index (κ3) is 2.05. The minimum Gasteiger partial charge on any atom is -0.508 e. The molecule has 0 aliphatic heterocycles. The molecule has 0 aliphatic carbocycles. The first kappa shape index (κ1) is 9.20. The molecule has 0 saturated carbocycles. The second kappa shape index (κ2) is 4.21. The number of benzene rings is 1. The molecular weight excluding hydrogens is 168 g/mol. The van der Waals surface area contributed by atoms with Gasteiger partial charge in [-0.15, -0.1) is 18.3 Å². The maximum absolute atomic E-state index is 9.40. The van der Waals surface area contributed by atoms with Crippen LogP contribution in [0, 0.1) is 0 Å². The maximum Gasteiger partial charge on any atom is 0.119 e. The van der Waals surface area contributed by atoms with Gasteiger partial charge in [-0.05, 0) is 36.4 Å². The third-order valence-corrected chi connectivity index (χ3v) is 2.38. The summed E-state index contributed by atoms with van der Waals surface area (Å²) in [7, 11) is 0. The molecule has 0 aromatic heterocycles. The molecule has 0 bridgehead atoms. The van der Waals surface area contributed by atoms with Crippen LogP contribution in [-0.4, -0.2) is 11.4 Å². The fourth-order valence-electron chi connectivity index (χ4n) is 1.01. The number of aromatic hydroxyl groups is 1. The third-order valence-electron chi connectivity index (χ3n) is 1.65. The van der Waals surface area contributed by atoms with E-state index < -0.39 is 0 Å². The molecule has 0 saturated heterocycles. The Kier molecular flexibility index (Phi) is 3.23. The Balaban J connectivity index is 2.99. The summed E-state index contributed by atoms with van der Waals surface area (Å²) in [6.07, 6.45) is 4.53. The normalized spacial score (nSPS) is 9.75. The zero-order valence-electron chi connectivity index (χ0n) is 7.08. The van der Waals surface area contributed by atoms with Crippen LogP contribution in [0.3, 0.4) is 0 Å². The lowest BCUT2D eigenvalue weighted by Gasteiger charge is -2.03. The summed E-state index contributed by atoms with van der Waals surface area (Å²) in [4.78, 5) is 1.17. The number of hydrogen-bond donors (Lipinski definition) is 1. The fraction of sp³-hybridized carbons (Fsp3) is 0.200. The van der Waals surface area contributed by atoms with Crippen molar-refractivity contribution in [1.82, 2.24) is 0 Å². The summed E-state index contributed by atoms with van der Waals surface area (Å²) in [5, 5.41) is 9.40. The SMILES string of the molecule is C=CCc1cc(SC)ccc1O. The first-order valence-electron chi connectivity index (χ1n) is 3.74. The summed E-state index contributed by atoms with van der Waals surface area (Å²) < 4.78 is 0. The molecule has 64 valence electrons. The van der Waals surface area contributed by atoms with Gasteiger partial charge in [0.25, 0.3) is 0 Å². The molecule has 1 aromatic carbocycles. The number of phenolic OH excluding ortho intramolecular Hbond substituents is 1. The summed E-state index contributed by atoms with van der Waals surface area (Å²) in [6, 6.07) is 5.62. The molecule has 0 radical (unpaired) electrons. The highest BCUT2D eigenvalue weighted by Crippen LogP contribution is 2.24. The lowest BCUT2D eigenvalue weighted by molar-refractivity contribution is 0.469. The van der Waals surface area contributed by atoms with Gasteiger partial charge in [-0.3, -0.25) is 0 Å². The average molecular weight is 180 g/mol. The van der Waals surface area contributed by atoms with Gasteiger partial charge in [0.15, 0.2) is 0 Å². The Morgan fingerprint density at radius 2 is 2.33 bits per heavy atom. The van der Waals surface area contributed by atoms with Crippen LogP contribution in [0.1, 0.15) is 5.56 Å². The van der Waals surface area contributed by atoms with Crippen molar-refractivity contribution in [1.29, 1.82) is 0 Å². The average Bonchev–Trinajstić information content (AvgIpc) is 2.09. The Morgan fingerprint density at radius 3 is 2.92 bits per heavy atom. The van der Waals surface area contributed by atoms with Gasteiger partial charge in [0.1, 0.15) is 5.75 Å². The molecular formula is C10H12OS. The van der Waals surface area contributed by atoms with E-state index in [4.69, 9.17) is 0 Å². The minimum atomic E-state index is 0.354. The number of rotatable bonds is 3. The molecule has 0 fully saturated rings. The zero-order valence-corrected chi connectivity index (χ0v) is 7.90. The summed E-state index contributed by atoms with van der Waals surface area (Å²) in [5.41, 5.74) is 0.942. The second-order valence-corrected chi connectivity index (χ2v) is 3.37. The summed E-state index contributed by atoms with van der Waals surface area (Å²) in [6.45, 7) is 3.63. The molecule has 0 atom stereocenters. The maximum atomic E-state index is 9.40. The summed E-state index contributed by atoms with van der Waals surface area (Å²) in [5.74, 6) is 0.354. The molecule has 1 nitrogen and oxygen atoms in total. The molecule has 12 heavy (non-hydrogen) atoms. The monoisotopic (exact) mass is 180 g/mol. The predicted octanol–water partition coefficient (Wildman–Crippen LogP) is 2.84. The van der Waals surface area contributed by atoms with Crippen molar-refractivity contribution in [3.05, 3.63) is 36.4 Å². The van der Waals surface area contributed by atoms with Crippen molar-refractivity contribution in [2.45, 2.75) is 11.3 Å². The Bertz CT molecular complexity index is 281. The van der Waals surface area contributed by atoms with E-state index in [0.29, 0.717) is 5.75 Å². The molecule has 0 spiro atoms. The number of allylic oxidation sites excluding steroid dienone is 1. The van der Waals surface area contributed by atoms with Crippen molar-refractivity contribution in [3.63, 3.8) is 0 Å². The van der Waals surface area contributed by atoms with Crippen LogP contribution in [0.2, 0.25) is 0 Å². The first-order chi connectivity index (χ1) is 5.77. The highest BCUT2D eigenvalue weighted by molar-refractivity contribution is 7.98. The van der Waals surface area contributed by atoms with Gasteiger partial charge in [-0.25, -0.2) is 0 Å². The number of thioether (sulfide) groups is 1. The highest BCUT2D eigenvalue weighted by atomic mass is 32.2. The van der Waals surface area contributed by atoms with E-state index in [-0.39, 0.29) is 0 Å². The van der Waals surface area contributed by atoms with Crippen LogP contribution in [0.4, 0.5) is 0 Å². The molecule has 1 N–H and O–H groups in total. The van der Waals surface area contributed by atoms with Crippen LogP contribution in [-0.2, 0) is 6.42 Å². The van der Waals surface area contributed by atoms with Gasteiger partial charge in [0.05, 0.1) is 0 Å². The first-order valence-corrected chi connectivity index (χ1v) is 4.97. The van der Waals surface area contributed by atoms with Crippen LogP contribution < -0.4 is 0 Å². The van der Waals surface area contributed by atoms with Crippen molar-refractivity contribution in [2.24, 2.45) is 0 Å². The van der Waals surface area contributed by atoms with E-state index in [1.165, 1.54) is 4.90 Å². The van der Waals surface area contributed by atoms with Crippen molar-refractivity contribution < 1.29 is 5.11 Å². The van der Waals surface area contributed by atoms with E-state index in [1.807, 2.05) is 18.4 Å². The number of hydrogen-bond acceptors (Lipinski definition) is 2. The van der Waals surface area contributed by atoms with Crippen LogP contribution in [0.15, 0.2) is 35.7 Å². The molecule has 0 amide bonds. The van der Waals surface area contributed by atoms with Crippen LogP contribution >= 0.6 is 11.8 Å². The Labute approximate surface area is 77.1 Å². The quantitative estimate of drug-likeness (QED) is 0.570. The minimum absolute atomic E-state index is 0.354. The Hall–Kier alpha value is -0.890.